The summed E-state index contributed by atoms with van der Waals surface area (Å²) in [4.78, 5) is 27.4. The van der Waals surface area contributed by atoms with Gasteiger partial charge in [-0.25, -0.2) is 4.39 Å². The van der Waals surface area contributed by atoms with Crippen LogP contribution in [-0.2, 0) is 11.0 Å². The number of rotatable bonds is 4. The molecule has 1 heterocycles. The van der Waals surface area contributed by atoms with Crippen LogP contribution in [0.25, 0.3) is 5.57 Å². The molecule has 33 heavy (non-hydrogen) atoms. The number of benzene rings is 3. The summed E-state index contributed by atoms with van der Waals surface area (Å²) in [6.07, 6.45) is -4.68. The summed E-state index contributed by atoms with van der Waals surface area (Å²) in [6.45, 7) is 1.83. The number of anilines is 1. The van der Waals surface area contributed by atoms with Crippen LogP contribution < -0.4 is 4.90 Å². The largest absolute Gasteiger partial charge is 0.503 e. The summed E-state index contributed by atoms with van der Waals surface area (Å²) >= 11 is 0. The molecular weight excluding hydrogens is 438 g/mol. The van der Waals surface area contributed by atoms with Crippen molar-refractivity contribution in [2.75, 3.05) is 4.90 Å². The van der Waals surface area contributed by atoms with E-state index in [-0.39, 0.29) is 16.8 Å². The Bertz CT molecular complexity index is 1260. The van der Waals surface area contributed by atoms with E-state index in [0.29, 0.717) is 5.56 Å². The third kappa shape index (κ3) is 4.11. The average molecular weight is 455 g/mol. The van der Waals surface area contributed by atoms with E-state index in [4.69, 9.17) is 0 Å². The zero-order valence-corrected chi connectivity index (χ0v) is 17.2. The van der Waals surface area contributed by atoms with E-state index in [9.17, 15) is 32.3 Å². The molecule has 0 unspecified atom stereocenters. The van der Waals surface area contributed by atoms with Crippen molar-refractivity contribution in [1.82, 2.24) is 0 Å². The van der Waals surface area contributed by atoms with Crippen molar-refractivity contribution in [3.05, 3.63) is 107 Å². The van der Waals surface area contributed by atoms with Gasteiger partial charge in [0.05, 0.1) is 5.56 Å². The Balaban J connectivity index is 1.89. The van der Waals surface area contributed by atoms with Crippen LogP contribution in [0.1, 0.15) is 27.0 Å². The quantitative estimate of drug-likeness (QED) is 0.404. The van der Waals surface area contributed by atoms with Crippen LogP contribution in [0.4, 0.5) is 23.2 Å². The topological polar surface area (TPSA) is 57.6 Å². The average Bonchev–Trinajstić information content (AvgIpc) is 3.04. The second-order valence-electron chi connectivity index (χ2n) is 7.63. The number of hydrogen-bond acceptors (Lipinski definition) is 3. The lowest BCUT2D eigenvalue weighted by atomic mass is 9.92. The van der Waals surface area contributed by atoms with Crippen molar-refractivity contribution in [2.24, 2.45) is 0 Å². The van der Waals surface area contributed by atoms with Crippen LogP contribution in [0.5, 0.6) is 0 Å². The fourth-order valence-electron chi connectivity index (χ4n) is 3.75. The zero-order valence-electron chi connectivity index (χ0n) is 17.2. The highest BCUT2D eigenvalue weighted by molar-refractivity contribution is 6.25. The van der Waals surface area contributed by atoms with Crippen LogP contribution in [0, 0.1) is 12.7 Å². The molecule has 168 valence electrons. The van der Waals surface area contributed by atoms with Crippen molar-refractivity contribution in [2.45, 2.75) is 19.1 Å². The molecule has 0 spiro atoms. The molecule has 0 bridgehead atoms. The Kier molecular flexibility index (Phi) is 5.53. The first-order valence-corrected chi connectivity index (χ1v) is 9.88. The maximum atomic E-state index is 13.5. The SMILES string of the molecule is Cc1ccc(C2=C(O)C(=O)N(c3cccc(C(F)(F)F)c3)[C@@H]2C(=O)c2ccc(F)cc2)cc1. The van der Waals surface area contributed by atoms with Gasteiger partial charge in [0.15, 0.2) is 11.5 Å². The fourth-order valence-corrected chi connectivity index (χ4v) is 3.75. The summed E-state index contributed by atoms with van der Waals surface area (Å²) in [5.41, 5.74) is 0.0333. The van der Waals surface area contributed by atoms with Gasteiger partial charge in [-0.3, -0.25) is 14.5 Å². The molecule has 1 atom stereocenters. The van der Waals surface area contributed by atoms with Crippen molar-refractivity contribution < 1.29 is 32.3 Å². The summed E-state index contributed by atoms with van der Waals surface area (Å²) < 4.78 is 53.3. The van der Waals surface area contributed by atoms with Crippen LogP contribution in [0.2, 0.25) is 0 Å². The van der Waals surface area contributed by atoms with E-state index in [1.807, 2.05) is 6.92 Å². The number of carbonyl (C=O) groups excluding carboxylic acids is 2. The maximum absolute atomic E-state index is 13.5. The third-order valence-corrected chi connectivity index (χ3v) is 5.40. The van der Waals surface area contributed by atoms with Crippen LogP contribution in [-0.4, -0.2) is 22.8 Å². The Morgan fingerprint density at radius 1 is 0.970 bits per heavy atom. The molecule has 1 aliphatic heterocycles. The lowest BCUT2D eigenvalue weighted by Crippen LogP contribution is -2.41. The Hall–Kier alpha value is -3.94. The lowest BCUT2D eigenvalue weighted by Gasteiger charge is -2.26. The molecule has 0 aliphatic carbocycles. The molecule has 0 saturated carbocycles. The molecular formula is C25H17F4NO3. The van der Waals surface area contributed by atoms with Crippen molar-refractivity contribution in [3.63, 3.8) is 0 Å². The zero-order chi connectivity index (χ0) is 23.9. The number of nitrogens with zero attached hydrogens (tertiary/aromatic N) is 1. The van der Waals surface area contributed by atoms with Gasteiger partial charge in [0.25, 0.3) is 5.91 Å². The second kappa shape index (κ2) is 8.20. The number of carbonyl (C=O) groups is 2. The van der Waals surface area contributed by atoms with Gasteiger partial charge in [-0.2, -0.15) is 13.2 Å². The molecule has 4 nitrogen and oxygen atoms in total. The van der Waals surface area contributed by atoms with Gasteiger partial charge in [0.1, 0.15) is 11.9 Å². The predicted molar refractivity (Wildman–Crippen MR) is 114 cm³/mol. The number of aliphatic hydroxyl groups is 1. The van der Waals surface area contributed by atoms with Crippen molar-refractivity contribution in [1.29, 1.82) is 0 Å². The molecule has 4 rings (SSSR count). The minimum atomic E-state index is -4.68. The first-order valence-electron chi connectivity index (χ1n) is 9.88. The Morgan fingerprint density at radius 3 is 2.21 bits per heavy atom. The molecule has 1 N–H and O–H groups in total. The van der Waals surface area contributed by atoms with Crippen LogP contribution >= 0.6 is 0 Å². The van der Waals surface area contributed by atoms with Gasteiger partial charge in [-0.1, -0.05) is 35.9 Å². The molecule has 3 aromatic carbocycles. The summed E-state index contributed by atoms with van der Waals surface area (Å²) in [5, 5.41) is 10.7. The highest BCUT2D eigenvalue weighted by Crippen LogP contribution is 2.40. The smallest absolute Gasteiger partial charge is 0.416 e. The van der Waals surface area contributed by atoms with Gasteiger partial charge >= 0.3 is 6.18 Å². The monoisotopic (exact) mass is 455 g/mol. The van der Waals surface area contributed by atoms with Crippen LogP contribution in [0.3, 0.4) is 0 Å². The van der Waals surface area contributed by atoms with Gasteiger partial charge < -0.3 is 5.11 Å². The molecule has 8 heteroatoms. The van der Waals surface area contributed by atoms with Crippen molar-refractivity contribution in [3.8, 4) is 0 Å². The molecule has 1 aliphatic rings. The minimum Gasteiger partial charge on any atom is -0.503 e. The second-order valence-corrected chi connectivity index (χ2v) is 7.63. The van der Waals surface area contributed by atoms with Gasteiger partial charge in [-0.15, -0.1) is 0 Å². The summed E-state index contributed by atoms with van der Waals surface area (Å²) in [6, 6.07) is 13.7. The number of Topliss-reactive ketones (excluding diaryl/α,β-unsaturated/α-hetero) is 1. The molecule has 1 amide bonds. The number of amides is 1. The van der Waals surface area contributed by atoms with Gasteiger partial charge in [-0.05, 0) is 55.0 Å². The fraction of sp³-hybridized carbons (Fsp3) is 0.120. The van der Waals surface area contributed by atoms with Crippen LogP contribution in [0.15, 0.2) is 78.6 Å². The standard InChI is InChI=1S/C25H17F4NO3/c1-14-5-7-15(8-6-14)20-21(22(31)16-9-11-18(26)12-10-16)30(24(33)23(20)32)19-4-2-3-17(13-19)25(27,28)29/h2-13,21,32H,1H3/t21-/m0/s1. The Labute approximate surface area is 186 Å². The summed E-state index contributed by atoms with van der Waals surface area (Å²) in [5.74, 6) is -3.01. The number of alkyl halides is 3. The number of ketones is 1. The van der Waals surface area contributed by atoms with E-state index < -0.39 is 41.0 Å². The predicted octanol–water partition coefficient (Wildman–Crippen LogP) is 5.72. The third-order valence-electron chi connectivity index (χ3n) is 5.40. The van der Waals surface area contributed by atoms with E-state index in [2.05, 4.69) is 0 Å². The first-order chi connectivity index (χ1) is 15.6. The van der Waals surface area contributed by atoms with E-state index in [0.717, 1.165) is 40.8 Å². The van der Waals surface area contributed by atoms with E-state index >= 15 is 0 Å². The normalized spacial score (nSPS) is 16.5. The highest BCUT2D eigenvalue weighted by Gasteiger charge is 2.45. The number of aliphatic hydroxyl groups excluding tert-OH is 1. The Morgan fingerprint density at radius 2 is 1.61 bits per heavy atom. The molecule has 0 radical (unpaired) electrons. The molecule has 0 aromatic heterocycles. The maximum Gasteiger partial charge on any atom is 0.416 e. The highest BCUT2D eigenvalue weighted by atomic mass is 19.4. The number of aryl methyl sites for hydroxylation is 1. The molecule has 0 saturated heterocycles. The molecule has 0 fully saturated rings. The number of hydrogen-bond donors (Lipinski definition) is 1. The van der Waals surface area contributed by atoms with E-state index in [1.54, 1.807) is 24.3 Å². The number of halogens is 4. The van der Waals surface area contributed by atoms with Gasteiger partial charge in [0.2, 0.25) is 0 Å². The van der Waals surface area contributed by atoms with Gasteiger partial charge in [0, 0.05) is 16.8 Å². The first kappa shape index (κ1) is 22.3. The van der Waals surface area contributed by atoms with Crippen molar-refractivity contribution >= 4 is 23.0 Å². The minimum absolute atomic E-state index is 0.0329. The summed E-state index contributed by atoms with van der Waals surface area (Å²) in [7, 11) is 0. The lowest BCUT2D eigenvalue weighted by molar-refractivity contribution is -0.137. The molecule has 3 aromatic rings. The van der Waals surface area contributed by atoms with E-state index in [1.165, 1.54) is 18.2 Å².